The molecule has 0 radical (unpaired) electrons. The fourth-order valence-corrected chi connectivity index (χ4v) is 3.91. The minimum absolute atomic E-state index is 0.167. The quantitative estimate of drug-likeness (QED) is 0.417. The highest BCUT2D eigenvalue weighted by Gasteiger charge is 2.40. The number of rotatable bonds is 6. The number of carboxylic acid groups (broad SMARTS) is 1. The molecule has 1 aliphatic heterocycles. The number of aromatic nitrogens is 2. The van der Waals surface area contributed by atoms with Crippen LogP contribution in [0.4, 0.5) is 19.0 Å². The Balaban J connectivity index is 1.58. The van der Waals surface area contributed by atoms with Crippen LogP contribution < -0.4 is 5.32 Å². The number of hydrogen-bond acceptors (Lipinski definition) is 7. The molecule has 1 aromatic heterocycles. The largest absolute Gasteiger partial charge is 0.478 e. The first-order valence-electron chi connectivity index (χ1n) is 10.7. The number of benzene rings is 2. The molecule has 2 heterocycles. The van der Waals surface area contributed by atoms with Crippen molar-refractivity contribution in [3.05, 3.63) is 88.9 Å². The molecule has 1 aliphatic rings. The number of carbonyl (C=O) groups is 1. The van der Waals surface area contributed by atoms with Gasteiger partial charge >= 0.3 is 12.1 Å². The van der Waals surface area contributed by atoms with Gasteiger partial charge in [-0.05, 0) is 35.2 Å². The van der Waals surface area contributed by atoms with Crippen LogP contribution in [-0.4, -0.2) is 56.1 Å². The van der Waals surface area contributed by atoms with Crippen LogP contribution in [0.15, 0.2) is 60.9 Å². The average Bonchev–Trinajstić information content (AvgIpc) is 2.82. The Morgan fingerprint density at radius 1 is 1.09 bits per heavy atom. The summed E-state index contributed by atoms with van der Waals surface area (Å²) < 4.78 is 44.9. The highest BCUT2D eigenvalue weighted by atomic mass is 19.4. The fraction of sp³-hybridized carbons (Fsp3) is 0.292. The van der Waals surface area contributed by atoms with Crippen molar-refractivity contribution in [1.82, 2.24) is 9.97 Å². The molecule has 3 aromatic rings. The molecule has 184 valence electrons. The normalized spacial score (nSPS) is 22.5. The van der Waals surface area contributed by atoms with Crippen molar-refractivity contribution in [2.75, 3.05) is 11.9 Å². The molecule has 1 saturated heterocycles. The van der Waals surface area contributed by atoms with Gasteiger partial charge in [-0.15, -0.1) is 0 Å². The first kappa shape index (κ1) is 24.6. The van der Waals surface area contributed by atoms with Crippen molar-refractivity contribution >= 4 is 11.8 Å². The third kappa shape index (κ3) is 5.76. The van der Waals surface area contributed by atoms with Crippen LogP contribution in [0.3, 0.4) is 0 Å². The maximum atomic E-state index is 13.0. The van der Waals surface area contributed by atoms with Crippen LogP contribution in [0, 0.1) is 0 Å². The molecule has 0 aliphatic carbocycles. The number of carboxylic acids is 1. The van der Waals surface area contributed by atoms with Crippen LogP contribution in [0.25, 0.3) is 0 Å². The number of aromatic carboxylic acids is 1. The van der Waals surface area contributed by atoms with Gasteiger partial charge < -0.3 is 25.4 Å². The zero-order valence-corrected chi connectivity index (χ0v) is 18.2. The lowest BCUT2D eigenvalue weighted by Crippen LogP contribution is -2.52. The number of aliphatic hydroxyl groups excluding tert-OH is 2. The van der Waals surface area contributed by atoms with Gasteiger partial charge in [0, 0.05) is 0 Å². The van der Waals surface area contributed by atoms with Crippen molar-refractivity contribution in [1.29, 1.82) is 0 Å². The van der Waals surface area contributed by atoms with E-state index in [2.05, 4.69) is 15.3 Å². The topological polar surface area (TPSA) is 125 Å². The molecule has 2 aromatic carbocycles. The van der Waals surface area contributed by atoms with Crippen LogP contribution in [0.5, 0.6) is 0 Å². The highest BCUT2D eigenvalue weighted by molar-refractivity contribution is 5.87. The van der Waals surface area contributed by atoms with Crippen LogP contribution in [0.2, 0.25) is 0 Å². The second-order valence-electron chi connectivity index (χ2n) is 8.19. The fourth-order valence-electron chi connectivity index (χ4n) is 3.91. The summed E-state index contributed by atoms with van der Waals surface area (Å²) in [5.74, 6) is -1.24. The molecule has 0 spiro atoms. The van der Waals surface area contributed by atoms with Crippen molar-refractivity contribution < 1.29 is 38.0 Å². The summed E-state index contributed by atoms with van der Waals surface area (Å²) in [4.78, 5) is 18.1. The first-order chi connectivity index (χ1) is 16.6. The van der Waals surface area contributed by atoms with Gasteiger partial charge in [0.05, 0.1) is 30.6 Å². The van der Waals surface area contributed by atoms with Crippen molar-refractivity contribution in [3.63, 3.8) is 0 Å². The van der Waals surface area contributed by atoms with E-state index in [1.165, 1.54) is 12.1 Å². The lowest BCUT2D eigenvalue weighted by Gasteiger charge is -2.39. The number of halogens is 3. The van der Waals surface area contributed by atoms with Crippen LogP contribution in [-0.2, 0) is 17.3 Å². The number of nitrogens with one attached hydrogen (secondary N) is 1. The Bertz CT molecular complexity index is 1190. The van der Waals surface area contributed by atoms with Crippen LogP contribution >= 0.6 is 0 Å². The maximum absolute atomic E-state index is 13.0. The summed E-state index contributed by atoms with van der Waals surface area (Å²) in [5, 5.41) is 32.5. The smallest absolute Gasteiger partial charge is 0.434 e. The second kappa shape index (κ2) is 9.98. The van der Waals surface area contributed by atoms with Gasteiger partial charge in [-0.3, -0.25) is 4.98 Å². The number of aliphatic hydroxyl groups is 2. The summed E-state index contributed by atoms with van der Waals surface area (Å²) in [6.07, 6.45) is -5.92. The minimum Gasteiger partial charge on any atom is -0.478 e. The molecule has 8 nitrogen and oxygen atoms in total. The summed E-state index contributed by atoms with van der Waals surface area (Å²) in [6, 6.07) is 12.7. The van der Waals surface area contributed by atoms with Gasteiger partial charge in [-0.25, -0.2) is 9.78 Å². The van der Waals surface area contributed by atoms with Gasteiger partial charge in [0.15, 0.2) is 5.69 Å². The third-order valence-corrected chi connectivity index (χ3v) is 5.66. The highest BCUT2D eigenvalue weighted by Crippen LogP contribution is 2.33. The van der Waals surface area contributed by atoms with E-state index in [0.29, 0.717) is 18.2 Å². The van der Waals surface area contributed by atoms with E-state index in [1.54, 1.807) is 24.3 Å². The maximum Gasteiger partial charge on any atom is 0.434 e. The number of alkyl halides is 3. The molecule has 4 atom stereocenters. The molecule has 11 heteroatoms. The molecule has 1 fully saturated rings. The average molecular weight is 489 g/mol. The molecule has 0 saturated carbocycles. The van der Waals surface area contributed by atoms with Crippen molar-refractivity contribution in [2.45, 2.75) is 37.0 Å². The number of ether oxygens (including phenoxy) is 1. The first-order valence-corrected chi connectivity index (χ1v) is 10.7. The van der Waals surface area contributed by atoms with Gasteiger partial charge in [0.1, 0.15) is 24.1 Å². The van der Waals surface area contributed by atoms with E-state index in [4.69, 9.17) is 9.84 Å². The lowest BCUT2D eigenvalue weighted by atomic mass is 9.90. The van der Waals surface area contributed by atoms with Gasteiger partial charge in [0.25, 0.3) is 0 Å². The SMILES string of the molecule is O=C(O)c1ccc(Cc2cccc([C@H]3OC[C@H](O)[C@H](O)[C@H]3Nc3cncc(C(F)(F)F)n3)c2)cc1. The second-order valence-corrected chi connectivity index (χ2v) is 8.19. The Morgan fingerprint density at radius 2 is 1.83 bits per heavy atom. The molecular formula is C24H22F3N3O5. The van der Waals surface area contributed by atoms with Crippen molar-refractivity contribution in [2.24, 2.45) is 0 Å². The molecule has 35 heavy (non-hydrogen) atoms. The summed E-state index contributed by atoms with van der Waals surface area (Å²) in [6.45, 7) is -0.167. The molecule has 4 N–H and O–H groups in total. The molecule has 0 bridgehead atoms. The minimum atomic E-state index is -4.69. The number of nitrogens with zero attached hydrogens (tertiary/aromatic N) is 2. The molecule has 4 rings (SSSR count). The van der Waals surface area contributed by atoms with Gasteiger partial charge in [-0.2, -0.15) is 13.2 Å². The summed E-state index contributed by atoms with van der Waals surface area (Å²) in [7, 11) is 0. The Labute approximate surface area is 198 Å². The molecule has 0 unspecified atom stereocenters. The van der Waals surface area contributed by atoms with E-state index in [1.807, 2.05) is 12.1 Å². The van der Waals surface area contributed by atoms with E-state index in [9.17, 15) is 28.2 Å². The summed E-state index contributed by atoms with van der Waals surface area (Å²) >= 11 is 0. The monoisotopic (exact) mass is 489 g/mol. The van der Waals surface area contributed by atoms with Gasteiger partial charge in [-0.1, -0.05) is 36.4 Å². The van der Waals surface area contributed by atoms with Crippen LogP contribution in [0.1, 0.15) is 38.8 Å². The predicted molar refractivity (Wildman–Crippen MR) is 118 cm³/mol. The third-order valence-electron chi connectivity index (χ3n) is 5.66. The van der Waals surface area contributed by atoms with E-state index < -0.39 is 42.2 Å². The Kier molecular flexibility index (Phi) is 7.01. The van der Waals surface area contributed by atoms with E-state index in [-0.39, 0.29) is 18.0 Å². The lowest BCUT2D eigenvalue weighted by molar-refractivity contribution is -0.141. The Morgan fingerprint density at radius 3 is 2.51 bits per heavy atom. The standard InChI is InChI=1S/C24H22F3N3O5/c25-24(26,27)18-10-28-11-19(29-18)30-20-21(32)17(31)12-35-22(20)16-3-1-2-14(9-16)8-13-4-6-15(7-5-13)23(33)34/h1-7,9-11,17,20-22,31-32H,8,12H2,(H,29,30)(H,33,34)/t17-,20+,21-,22+/m0/s1. The van der Waals surface area contributed by atoms with Gasteiger partial charge in [0.2, 0.25) is 0 Å². The van der Waals surface area contributed by atoms with E-state index >= 15 is 0 Å². The molecular weight excluding hydrogens is 467 g/mol. The summed E-state index contributed by atoms with van der Waals surface area (Å²) in [5.41, 5.74) is 1.36. The zero-order chi connectivity index (χ0) is 25.2. The number of anilines is 1. The number of hydrogen-bond donors (Lipinski definition) is 4. The Hall–Kier alpha value is -3.54. The van der Waals surface area contributed by atoms with Crippen molar-refractivity contribution in [3.8, 4) is 0 Å². The zero-order valence-electron chi connectivity index (χ0n) is 18.2. The predicted octanol–water partition coefficient (Wildman–Crippen LogP) is 3.06. The van der Waals surface area contributed by atoms with E-state index in [0.717, 1.165) is 17.3 Å². The molecule has 0 amide bonds.